The van der Waals surface area contributed by atoms with Crippen LogP contribution in [0, 0.1) is 6.92 Å². The van der Waals surface area contributed by atoms with Crippen LogP contribution in [0.3, 0.4) is 0 Å². The molecule has 0 amide bonds. The second-order valence-electron chi connectivity index (χ2n) is 4.86. The number of benzene rings is 1. The number of carbonyl (C=O) groups excluding carboxylic acids is 1. The van der Waals surface area contributed by atoms with Gasteiger partial charge in [-0.05, 0) is 30.7 Å². The fourth-order valence-corrected chi connectivity index (χ4v) is 3.82. The van der Waals surface area contributed by atoms with Gasteiger partial charge in [-0.2, -0.15) is 0 Å². The summed E-state index contributed by atoms with van der Waals surface area (Å²) in [5, 5.41) is 0. The van der Waals surface area contributed by atoms with Gasteiger partial charge in [0.1, 0.15) is 11.5 Å². The average molecular weight is 414 g/mol. The Bertz CT molecular complexity index is 774. The summed E-state index contributed by atoms with van der Waals surface area (Å²) < 4.78 is 12.1. The van der Waals surface area contributed by atoms with Crippen LogP contribution in [-0.4, -0.2) is 5.97 Å². The van der Waals surface area contributed by atoms with Gasteiger partial charge in [-0.15, -0.1) is 0 Å². The van der Waals surface area contributed by atoms with Crippen molar-refractivity contribution in [2.75, 3.05) is 0 Å². The third-order valence-electron chi connectivity index (χ3n) is 3.30. The van der Waals surface area contributed by atoms with Crippen LogP contribution >= 0.6 is 31.9 Å². The average Bonchev–Trinajstić information content (AvgIpc) is 2.35. The summed E-state index contributed by atoms with van der Waals surface area (Å²) in [6.07, 6.45) is 0.115. The van der Waals surface area contributed by atoms with Crippen molar-refractivity contribution in [1.29, 1.82) is 0 Å². The van der Waals surface area contributed by atoms with Crippen LogP contribution in [0.15, 0.2) is 42.4 Å². The number of rotatable bonds is 1. The van der Waals surface area contributed by atoms with Gasteiger partial charge in [0, 0.05) is 20.9 Å². The molecule has 0 fully saturated rings. The molecule has 1 unspecified atom stereocenters. The highest BCUT2D eigenvalue weighted by Gasteiger charge is 2.32. The fraction of sp³-hybridized carbons (Fsp3) is 0.200. The molecule has 1 aliphatic heterocycles. The Kier molecular flexibility index (Phi) is 3.75. The van der Waals surface area contributed by atoms with E-state index in [4.69, 9.17) is 9.15 Å². The number of fused-ring (bicyclic) bond motifs is 1. The lowest BCUT2D eigenvalue weighted by Crippen LogP contribution is -2.26. The van der Waals surface area contributed by atoms with E-state index >= 15 is 0 Å². The predicted octanol–water partition coefficient (Wildman–Crippen LogP) is 3.91. The van der Waals surface area contributed by atoms with Crippen molar-refractivity contribution in [2.45, 2.75) is 19.3 Å². The van der Waals surface area contributed by atoms with Crippen molar-refractivity contribution < 1.29 is 13.9 Å². The van der Waals surface area contributed by atoms with Gasteiger partial charge in [0.15, 0.2) is 0 Å². The molecular formula is C15H10Br2O4. The molecule has 1 aromatic heterocycles. The van der Waals surface area contributed by atoms with Crippen LogP contribution in [0.2, 0.25) is 0 Å². The molecule has 21 heavy (non-hydrogen) atoms. The Hall–Kier alpha value is -1.40. The summed E-state index contributed by atoms with van der Waals surface area (Å²) >= 11 is 6.83. The zero-order chi connectivity index (χ0) is 15.1. The first-order valence-corrected chi connectivity index (χ1v) is 7.84. The highest BCUT2D eigenvalue weighted by Crippen LogP contribution is 2.38. The Morgan fingerprint density at radius 2 is 1.76 bits per heavy atom. The maximum atomic E-state index is 12.2. The topological polar surface area (TPSA) is 56.5 Å². The molecule has 0 spiro atoms. The number of halogens is 2. The molecule has 1 aliphatic rings. The van der Waals surface area contributed by atoms with E-state index in [2.05, 4.69) is 31.9 Å². The highest BCUT2D eigenvalue weighted by atomic mass is 79.9. The van der Waals surface area contributed by atoms with Crippen LogP contribution < -0.4 is 10.4 Å². The zero-order valence-electron chi connectivity index (χ0n) is 11.0. The Balaban J connectivity index is 2.21. The van der Waals surface area contributed by atoms with Gasteiger partial charge in [0.2, 0.25) is 0 Å². The maximum absolute atomic E-state index is 12.2. The standard InChI is InChI=1S/C15H10Br2O4/c1-7-2-12-14(15(19)20-7)11(6-13(18)21-12)8-3-9(16)5-10(17)4-8/h2-5,11H,6H2,1H3. The fourth-order valence-electron chi connectivity index (χ4n) is 2.49. The van der Waals surface area contributed by atoms with Gasteiger partial charge >= 0.3 is 11.6 Å². The monoisotopic (exact) mass is 412 g/mol. The number of aryl methyl sites for hydroxylation is 1. The molecule has 108 valence electrons. The van der Waals surface area contributed by atoms with Crippen LogP contribution in [-0.2, 0) is 4.79 Å². The molecule has 0 saturated heterocycles. The zero-order valence-corrected chi connectivity index (χ0v) is 14.2. The molecule has 4 nitrogen and oxygen atoms in total. The lowest BCUT2D eigenvalue weighted by molar-refractivity contribution is -0.135. The van der Waals surface area contributed by atoms with Crippen molar-refractivity contribution in [3.63, 3.8) is 0 Å². The van der Waals surface area contributed by atoms with Crippen molar-refractivity contribution in [2.24, 2.45) is 0 Å². The van der Waals surface area contributed by atoms with Crippen molar-refractivity contribution >= 4 is 37.8 Å². The summed E-state index contributed by atoms with van der Waals surface area (Å²) in [6.45, 7) is 1.65. The number of carbonyl (C=O) groups is 1. The lowest BCUT2D eigenvalue weighted by atomic mass is 9.87. The molecule has 6 heteroatoms. The van der Waals surface area contributed by atoms with Crippen LogP contribution in [0.5, 0.6) is 5.75 Å². The normalized spacial score (nSPS) is 17.3. The molecule has 0 aliphatic carbocycles. The Morgan fingerprint density at radius 3 is 2.43 bits per heavy atom. The Labute approximate surface area is 137 Å². The second-order valence-corrected chi connectivity index (χ2v) is 6.69. The molecule has 2 heterocycles. The third kappa shape index (κ3) is 2.82. The maximum Gasteiger partial charge on any atom is 0.343 e. The summed E-state index contributed by atoms with van der Waals surface area (Å²) in [6, 6.07) is 7.24. The number of hydrogen-bond acceptors (Lipinski definition) is 4. The number of hydrogen-bond donors (Lipinski definition) is 0. The minimum Gasteiger partial charge on any atom is -0.428 e. The summed E-state index contributed by atoms with van der Waals surface area (Å²) in [5.74, 6) is -0.00998. The van der Waals surface area contributed by atoms with E-state index in [-0.39, 0.29) is 18.3 Å². The van der Waals surface area contributed by atoms with E-state index in [1.54, 1.807) is 13.0 Å². The summed E-state index contributed by atoms with van der Waals surface area (Å²) in [7, 11) is 0. The van der Waals surface area contributed by atoms with E-state index in [0.29, 0.717) is 17.1 Å². The number of esters is 1. The first kappa shape index (κ1) is 14.5. The molecule has 0 bridgehead atoms. The summed E-state index contributed by atoms with van der Waals surface area (Å²) in [5.41, 5.74) is 0.786. The van der Waals surface area contributed by atoms with E-state index < -0.39 is 5.63 Å². The third-order valence-corrected chi connectivity index (χ3v) is 4.22. The van der Waals surface area contributed by atoms with E-state index in [9.17, 15) is 9.59 Å². The van der Waals surface area contributed by atoms with E-state index in [0.717, 1.165) is 14.5 Å². The van der Waals surface area contributed by atoms with E-state index in [1.165, 1.54) is 0 Å². The molecule has 0 radical (unpaired) electrons. The molecule has 1 aromatic carbocycles. The lowest BCUT2D eigenvalue weighted by Gasteiger charge is -2.23. The summed E-state index contributed by atoms with van der Waals surface area (Å²) in [4.78, 5) is 24.0. The largest absolute Gasteiger partial charge is 0.428 e. The first-order valence-electron chi connectivity index (χ1n) is 6.25. The molecule has 1 atom stereocenters. The van der Waals surface area contributed by atoms with Gasteiger partial charge in [-0.1, -0.05) is 31.9 Å². The molecule has 3 rings (SSSR count). The molecule has 0 N–H and O–H groups in total. The predicted molar refractivity (Wildman–Crippen MR) is 83.7 cm³/mol. The van der Waals surface area contributed by atoms with Crippen LogP contribution in [0.25, 0.3) is 0 Å². The molecule has 0 saturated carbocycles. The first-order chi connectivity index (χ1) is 9.94. The molecular weight excluding hydrogens is 404 g/mol. The number of ether oxygens (including phenoxy) is 1. The van der Waals surface area contributed by atoms with E-state index in [1.807, 2.05) is 18.2 Å². The quantitative estimate of drug-likeness (QED) is 0.665. The minimum atomic E-state index is -0.460. The van der Waals surface area contributed by atoms with Crippen molar-refractivity contribution in [3.05, 3.63) is 60.5 Å². The molecule has 2 aromatic rings. The van der Waals surface area contributed by atoms with Crippen LogP contribution in [0.4, 0.5) is 0 Å². The van der Waals surface area contributed by atoms with Gasteiger partial charge in [-0.3, -0.25) is 4.79 Å². The van der Waals surface area contributed by atoms with Crippen molar-refractivity contribution in [3.8, 4) is 5.75 Å². The minimum absolute atomic E-state index is 0.115. The van der Waals surface area contributed by atoms with Gasteiger partial charge in [-0.25, -0.2) is 4.79 Å². The van der Waals surface area contributed by atoms with Gasteiger partial charge < -0.3 is 9.15 Å². The smallest absolute Gasteiger partial charge is 0.343 e. The van der Waals surface area contributed by atoms with Gasteiger partial charge in [0.25, 0.3) is 0 Å². The second kappa shape index (κ2) is 5.42. The highest BCUT2D eigenvalue weighted by molar-refractivity contribution is 9.11. The van der Waals surface area contributed by atoms with Gasteiger partial charge in [0.05, 0.1) is 12.0 Å². The van der Waals surface area contributed by atoms with Crippen molar-refractivity contribution in [1.82, 2.24) is 0 Å². The SMILES string of the molecule is Cc1cc2c(c(=O)o1)C(c1cc(Br)cc(Br)c1)CC(=O)O2. The Morgan fingerprint density at radius 1 is 1.10 bits per heavy atom. The van der Waals surface area contributed by atoms with Crippen LogP contribution in [0.1, 0.15) is 29.2 Å².